The van der Waals surface area contributed by atoms with Gasteiger partial charge in [0.25, 0.3) is 0 Å². The normalized spacial score (nSPS) is 10.8. The molecular formula is C16H16ClN7O. The van der Waals surface area contributed by atoms with Crippen molar-refractivity contribution in [2.45, 2.75) is 20.4 Å². The third-order valence-corrected chi connectivity index (χ3v) is 3.63. The van der Waals surface area contributed by atoms with Gasteiger partial charge in [-0.1, -0.05) is 6.57 Å². The van der Waals surface area contributed by atoms with Crippen molar-refractivity contribution in [2.75, 3.05) is 18.5 Å². The predicted octanol–water partition coefficient (Wildman–Crippen LogP) is 3.51. The second kappa shape index (κ2) is 7.42. The molecule has 8 nitrogen and oxygen atoms in total. The van der Waals surface area contributed by atoms with Gasteiger partial charge in [-0.2, -0.15) is 9.67 Å². The topological polar surface area (TPSA) is 82.1 Å². The molecule has 0 saturated heterocycles. The fraction of sp³-hybridized carbons (Fsp3) is 0.312. The first-order valence-electron chi connectivity index (χ1n) is 7.71. The van der Waals surface area contributed by atoms with Crippen molar-refractivity contribution in [1.82, 2.24) is 24.7 Å². The van der Waals surface area contributed by atoms with Crippen LogP contribution in [0.4, 0.5) is 17.5 Å². The number of ether oxygens (including phenoxy) is 1. The number of halogens is 1. The van der Waals surface area contributed by atoms with Gasteiger partial charge in [0.1, 0.15) is 16.9 Å². The Bertz CT molecular complexity index is 948. The highest BCUT2D eigenvalue weighted by molar-refractivity contribution is 6.29. The first kappa shape index (κ1) is 17.1. The summed E-state index contributed by atoms with van der Waals surface area (Å²) < 4.78 is 7.05. The molecule has 0 spiro atoms. The molecule has 0 amide bonds. The van der Waals surface area contributed by atoms with E-state index in [2.05, 4.69) is 30.2 Å². The van der Waals surface area contributed by atoms with E-state index in [9.17, 15) is 0 Å². The van der Waals surface area contributed by atoms with E-state index in [1.807, 2.05) is 26.0 Å². The fourth-order valence-electron chi connectivity index (χ4n) is 2.39. The first-order chi connectivity index (χ1) is 12.1. The number of nitrogens with zero attached hydrogens (tertiary/aromatic N) is 6. The minimum atomic E-state index is 0.0388. The highest BCUT2D eigenvalue weighted by Crippen LogP contribution is 2.31. The van der Waals surface area contributed by atoms with E-state index in [1.165, 1.54) is 0 Å². The van der Waals surface area contributed by atoms with Crippen molar-refractivity contribution >= 4 is 40.1 Å². The smallest absolute Gasteiger partial charge is 0.321 e. The molecule has 0 aromatic carbocycles. The molecule has 3 aromatic rings. The van der Waals surface area contributed by atoms with E-state index in [1.54, 1.807) is 10.9 Å². The van der Waals surface area contributed by atoms with Crippen LogP contribution in [0.5, 0.6) is 0 Å². The average Bonchev–Trinajstić information content (AvgIpc) is 2.93. The first-order valence-corrected chi connectivity index (χ1v) is 8.09. The highest BCUT2D eigenvalue weighted by Gasteiger charge is 2.20. The van der Waals surface area contributed by atoms with Gasteiger partial charge >= 0.3 is 5.82 Å². The van der Waals surface area contributed by atoms with Crippen LogP contribution in [0.2, 0.25) is 5.28 Å². The zero-order valence-electron chi connectivity index (χ0n) is 13.8. The Hall–Kier alpha value is -2.76. The lowest BCUT2D eigenvalue weighted by Crippen LogP contribution is -2.09. The fourth-order valence-corrected chi connectivity index (χ4v) is 2.55. The van der Waals surface area contributed by atoms with Crippen LogP contribution in [0.25, 0.3) is 15.9 Å². The van der Waals surface area contributed by atoms with E-state index in [-0.39, 0.29) is 11.1 Å². The molecule has 3 rings (SSSR count). The van der Waals surface area contributed by atoms with Crippen LogP contribution in [0.1, 0.15) is 12.5 Å². The average molecular weight is 358 g/mol. The van der Waals surface area contributed by atoms with Crippen LogP contribution in [-0.2, 0) is 11.3 Å². The number of hydrogen-bond donors (Lipinski definition) is 1. The van der Waals surface area contributed by atoms with Gasteiger partial charge < -0.3 is 14.9 Å². The minimum Gasteiger partial charge on any atom is -0.380 e. The summed E-state index contributed by atoms with van der Waals surface area (Å²) in [6.45, 7) is 12.8. The van der Waals surface area contributed by atoms with E-state index >= 15 is 0 Å². The minimum absolute atomic E-state index is 0.0388. The molecule has 0 aliphatic rings. The summed E-state index contributed by atoms with van der Waals surface area (Å²) in [5.74, 6) is 1.25. The molecule has 3 aromatic heterocycles. The summed E-state index contributed by atoms with van der Waals surface area (Å²) in [4.78, 5) is 16.1. The van der Waals surface area contributed by atoms with Gasteiger partial charge in [0.2, 0.25) is 5.28 Å². The molecule has 3 heterocycles. The van der Waals surface area contributed by atoms with Crippen molar-refractivity contribution in [2.24, 2.45) is 0 Å². The molecule has 0 fully saturated rings. The maximum atomic E-state index is 7.32. The van der Waals surface area contributed by atoms with Gasteiger partial charge in [-0.3, -0.25) is 0 Å². The van der Waals surface area contributed by atoms with Crippen LogP contribution in [-0.4, -0.2) is 37.9 Å². The van der Waals surface area contributed by atoms with Crippen LogP contribution in [0, 0.1) is 13.5 Å². The van der Waals surface area contributed by atoms with Gasteiger partial charge in [-0.05, 0) is 48.2 Å². The largest absolute Gasteiger partial charge is 0.380 e. The molecule has 128 valence electrons. The molecule has 0 atom stereocenters. The Morgan fingerprint density at radius 3 is 2.96 bits per heavy atom. The van der Waals surface area contributed by atoms with Crippen LogP contribution < -0.4 is 5.32 Å². The number of anilines is 2. The zero-order valence-corrected chi connectivity index (χ0v) is 14.6. The molecule has 0 radical (unpaired) electrons. The summed E-state index contributed by atoms with van der Waals surface area (Å²) in [6, 6.07) is 3.79. The summed E-state index contributed by atoms with van der Waals surface area (Å²) in [7, 11) is 0. The number of pyridine rings is 1. The molecule has 0 saturated carbocycles. The van der Waals surface area contributed by atoms with Crippen molar-refractivity contribution < 1.29 is 4.74 Å². The lowest BCUT2D eigenvalue weighted by molar-refractivity contribution is 0.137. The van der Waals surface area contributed by atoms with E-state index < -0.39 is 0 Å². The number of aromatic nitrogens is 5. The summed E-state index contributed by atoms with van der Waals surface area (Å²) >= 11 is 6.04. The maximum absolute atomic E-state index is 7.32. The van der Waals surface area contributed by atoms with Crippen molar-refractivity contribution in [3.05, 3.63) is 40.6 Å². The maximum Gasteiger partial charge on any atom is 0.321 e. The quantitative estimate of drug-likeness (QED) is 0.413. The second-order valence-corrected chi connectivity index (χ2v) is 5.58. The summed E-state index contributed by atoms with van der Waals surface area (Å²) in [5.41, 5.74) is 2.06. The molecule has 0 bridgehead atoms. The number of aryl methyl sites for hydroxylation is 1. The third-order valence-electron chi connectivity index (χ3n) is 3.46. The van der Waals surface area contributed by atoms with Gasteiger partial charge in [-0.15, -0.1) is 0 Å². The van der Waals surface area contributed by atoms with Crippen LogP contribution in [0.15, 0.2) is 18.3 Å². The molecular weight excluding hydrogens is 342 g/mol. The van der Waals surface area contributed by atoms with Crippen molar-refractivity contribution in [3.63, 3.8) is 0 Å². The van der Waals surface area contributed by atoms with Crippen molar-refractivity contribution in [1.29, 1.82) is 0 Å². The van der Waals surface area contributed by atoms with Crippen LogP contribution >= 0.6 is 11.6 Å². The SMILES string of the molecule is [C-]#[N+]c1nn(CCOCC)c2c(Nc3cc(C)ccn3)nc(Cl)nc12. The Morgan fingerprint density at radius 2 is 2.24 bits per heavy atom. The van der Waals surface area contributed by atoms with Gasteiger partial charge in [0.05, 0.1) is 13.2 Å². The highest BCUT2D eigenvalue weighted by atomic mass is 35.5. The predicted molar refractivity (Wildman–Crippen MR) is 95.3 cm³/mol. The summed E-state index contributed by atoms with van der Waals surface area (Å²) in [5, 5.41) is 7.49. The Morgan fingerprint density at radius 1 is 1.40 bits per heavy atom. The monoisotopic (exact) mass is 357 g/mol. The standard InChI is InChI=1S/C16H16ClN7O/c1-4-25-8-7-24-13-12(14(18-3)23-24)21-16(17)22-15(13)20-11-9-10(2)5-6-19-11/h5-6,9H,4,7-8H2,1-2H3,(H,19,20,21,22). The molecule has 25 heavy (non-hydrogen) atoms. The Kier molecular flexibility index (Phi) is 5.07. The third kappa shape index (κ3) is 3.68. The van der Waals surface area contributed by atoms with E-state index in [0.717, 1.165) is 5.56 Å². The molecule has 0 aliphatic heterocycles. The number of fused-ring (bicyclic) bond motifs is 1. The van der Waals surface area contributed by atoms with Gasteiger partial charge in [-0.25, -0.2) is 9.97 Å². The van der Waals surface area contributed by atoms with Gasteiger partial charge in [0.15, 0.2) is 5.82 Å². The number of rotatable bonds is 6. The Balaban J connectivity index is 2.09. The van der Waals surface area contributed by atoms with Gasteiger partial charge in [0, 0.05) is 12.8 Å². The molecule has 0 unspecified atom stereocenters. The Labute approximate surface area is 149 Å². The molecule has 0 aliphatic carbocycles. The summed E-state index contributed by atoms with van der Waals surface area (Å²) in [6.07, 6.45) is 1.70. The lowest BCUT2D eigenvalue weighted by atomic mass is 10.3. The molecule has 9 heteroatoms. The second-order valence-electron chi connectivity index (χ2n) is 5.24. The number of nitrogens with one attached hydrogen (secondary N) is 1. The molecule has 1 N–H and O–H groups in total. The number of hydrogen-bond acceptors (Lipinski definition) is 6. The lowest BCUT2D eigenvalue weighted by Gasteiger charge is -2.08. The zero-order chi connectivity index (χ0) is 17.8. The van der Waals surface area contributed by atoms with E-state index in [0.29, 0.717) is 42.4 Å². The van der Waals surface area contributed by atoms with Crippen LogP contribution in [0.3, 0.4) is 0 Å². The van der Waals surface area contributed by atoms with Crippen molar-refractivity contribution in [3.8, 4) is 0 Å². The van der Waals surface area contributed by atoms with E-state index in [4.69, 9.17) is 22.9 Å².